The Bertz CT molecular complexity index is 300. The second kappa shape index (κ2) is 4.78. The van der Waals surface area contributed by atoms with Gasteiger partial charge in [-0.25, -0.2) is 8.42 Å². The van der Waals surface area contributed by atoms with Crippen LogP contribution in [0.4, 0.5) is 0 Å². The fourth-order valence-corrected chi connectivity index (χ4v) is 3.14. The van der Waals surface area contributed by atoms with Crippen molar-refractivity contribution in [1.82, 2.24) is 9.62 Å². The van der Waals surface area contributed by atoms with Gasteiger partial charge < -0.3 is 10.1 Å². The zero-order valence-electron chi connectivity index (χ0n) is 9.62. The van der Waals surface area contributed by atoms with E-state index < -0.39 is 10.0 Å². The van der Waals surface area contributed by atoms with Crippen LogP contribution in [0.5, 0.6) is 0 Å². The fourth-order valence-electron chi connectivity index (χ4n) is 1.65. The van der Waals surface area contributed by atoms with Crippen LogP contribution in [0.2, 0.25) is 0 Å². The molecule has 0 aromatic rings. The van der Waals surface area contributed by atoms with Crippen molar-refractivity contribution in [1.29, 1.82) is 0 Å². The Morgan fingerprint density at radius 1 is 1.47 bits per heavy atom. The minimum atomic E-state index is -3.11. The molecule has 0 atom stereocenters. The Balaban J connectivity index is 2.76. The molecule has 1 N–H and O–H groups in total. The molecule has 0 aliphatic carbocycles. The van der Waals surface area contributed by atoms with Crippen LogP contribution in [-0.4, -0.2) is 57.4 Å². The summed E-state index contributed by atoms with van der Waals surface area (Å²) in [6.07, 6.45) is 0. The second-order valence-corrected chi connectivity index (χ2v) is 6.54. The molecule has 90 valence electrons. The molecule has 6 heteroatoms. The van der Waals surface area contributed by atoms with Gasteiger partial charge in [0.25, 0.3) is 0 Å². The number of nitrogens with zero attached hydrogens (tertiary/aromatic N) is 1. The van der Waals surface area contributed by atoms with Gasteiger partial charge in [-0.3, -0.25) is 0 Å². The summed E-state index contributed by atoms with van der Waals surface area (Å²) in [4.78, 5) is 0. The lowest BCUT2D eigenvalue weighted by molar-refractivity contribution is 0.171. The standard InChI is InChI=1S/C9H20N2O3S/c1-9(2)8-11(5-6-14-3)15(12,13)7-4-10-9/h10H,4-8H2,1-3H3. The lowest BCUT2D eigenvalue weighted by Crippen LogP contribution is -2.47. The maximum absolute atomic E-state index is 11.8. The van der Waals surface area contributed by atoms with Crippen LogP contribution in [0, 0.1) is 0 Å². The molecule has 0 aromatic heterocycles. The third kappa shape index (κ3) is 3.71. The van der Waals surface area contributed by atoms with Gasteiger partial charge in [0, 0.05) is 32.3 Å². The van der Waals surface area contributed by atoms with Crippen molar-refractivity contribution in [3.63, 3.8) is 0 Å². The lowest BCUT2D eigenvalue weighted by atomic mass is 10.1. The summed E-state index contributed by atoms with van der Waals surface area (Å²) in [5.74, 6) is 0.167. The molecule has 1 heterocycles. The fraction of sp³-hybridized carbons (Fsp3) is 1.00. The number of ether oxygens (including phenoxy) is 1. The third-order valence-electron chi connectivity index (χ3n) is 2.47. The summed E-state index contributed by atoms with van der Waals surface area (Å²) in [7, 11) is -1.54. The van der Waals surface area contributed by atoms with E-state index in [-0.39, 0.29) is 11.3 Å². The lowest BCUT2D eigenvalue weighted by Gasteiger charge is -2.28. The van der Waals surface area contributed by atoms with Gasteiger partial charge in [0.05, 0.1) is 12.4 Å². The first-order valence-electron chi connectivity index (χ1n) is 5.09. The summed E-state index contributed by atoms with van der Waals surface area (Å²) in [5.41, 5.74) is -0.169. The normalized spacial score (nSPS) is 26.1. The van der Waals surface area contributed by atoms with Gasteiger partial charge >= 0.3 is 0 Å². The second-order valence-electron chi connectivity index (χ2n) is 4.45. The molecule has 0 saturated carbocycles. The van der Waals surface area contributed by atoms with Crippen molar-refractivity contribution in [3.05, 3.63) is 0 Å². The molecular formula is C9H20N2O3S. The van der Waals surface area contributed by atoms with Crippen LogP contribution in [0.3, 0.4) is 0 Å². The highest BCUT2D eigenvalue weighted by molar-refractivity contribution is 7.89. The Hall–Kier alpha value is -0.170. The van der Waals surface area contributed by atoms with Crippen LogP contribution in [0.15, 0.2) is 0 Å². The van der Waals surface area contributed by atoms with Crippen molar-refractivity contribution in [2.75, 3.05) is 39.1 Å². The maximum atomic E-state index is 11.8. The highest BCUT2D eigenvalue weighted by Crippen LogP contribution is 2.13. The third-order valence-corrected chi connectivity index (χ3v) is 4.29. The molecule has 5 nitrogen and oxygen atoms in total. The predicted octanol–water partition coefficient (Wildman–Crippen LogP) is -0.354. The summed E-state index contributed by atoms with van der Waals surface area (Å²) >= 11 is 0. The summed E-state index contributed by atoms with van der Waals surface area (Å²) in [6.45, 7) is 5.90. The number of hydrogen-bond acceptors (Lipinski definition) is 4. The van der Waals surface area contributed by atoms with Crippen molar-refractivity contribution in [3.8, 4) is 0 Å². The smallest absolute Gasteiger partial charge is 0.215 e. The van der Waals surface area contributed by atoms with E-state index in [0.717, 1.165) is 0 Å². The largest absolute Gasteiger partial charge is 0.383 e. The minimum Gasteiger partial charge on any atom is -0.383 e. The van der Waals surface area contributed by atoms with Crippen molar-refractivity contribution >= 4 is 10.0 Å². The highest BCUT2D eigenvalue weighted by Gasteiger charge is 2.32. The zero-order chi connectivity index (χ0) is 11.5. The summed E-state index contributed by atoms with van der Waals surface area (Å²) in [6, 6.07) is 0. The Labute approximate surface area is 91.8 Å². The van der Waals surface area contributed by atoms with E-state index in [2.05, 4.69) is 5.32 Å². The van der Waals surface area contributed by atoms with Gasteiger partial charge in [-0.15, -0.1) is 0 Å². The van der Waals surface area contributed by atoms with Gasteiger partial charge in [0.15, 0.2) is 0 Å². The Morgan fingerprint density at radius 3 is 2.73 bits per heavy atom. The first-order valence-corrected chi connectivity index (χ1v) is 6.70. The van der Waals surface area contributed by atoms with E-state index in [4.69, 9.17) is 4.74 Å². The van der Waals surface area contributed by atoms with E-state index in [1.165, 1.54) is 4.31 Å². The molecule has 15 heavy (non-hydrogen) atoms. The molecule has 0 amide bonds. The first-order chi connectivity index (χ1) is 6.87. The van der Waals surface area contributed by atoms with Gasteiger partial charge in [-0.05, 0) is 13.8 Å². The predicted molar refractivity (Wildman–Crippen MR) is 59.3 cm³/mol. The van der Waals surface area contributed by atoms with E-state index in [0.29, 0.717) is 26.2 Å². The van der Waals surface area contributed by atoms with Crippen LogP contribution < -0.4 is 5.32 Å². The molecule has 1 rings (SSSR count). The SMILES string of the molecule is COCCN1CC(C)(C)NCCS1(=O)=O. The average molecular weight is 236 g/mol. The molecule has 1 aliphatic heterocycles. The Morgan fingerprint density at radius 2 is 2.13 bits per heavy atom. The van der Waals surface area contributed by atoms with Crippen LogP contribution in [-0.2, 0) is 14.8 Å². The average Bonchev–Trinajstić information content (AvgIpc) is 2.19. The van der Waals surface area contributed by atoms with Crippen LogP contribution in [0.25, 0.3) is 0 Å². The van der Waals surface area contributed by atoms with Crippen molar-refractivity contribution in [2.45, 2.75) is 19.4 Å². The van der Waals surface area contributed by atoms with Crippen LogP contribution >= 0.6 is 0 Å². The van der Waals surface area contributed by atoms with Gasteiger partial charge in [-0.1, -0.05) is 0 Å². The maximum Gasteiger partial charge on any atom is 0.215 e. The van der Waals surface area contributed by atoms with Crippen molar-refractivity contribution in [2.24, 2.45) is 0 Å². The summed E-state index contributed by atoms with van der Waals surface area (Å²) < 4.78 is 30.1. The Kier molecular flexibility index (Phi) is 4.11. The highest BCUT2D eigenvalue weighted by atomic mass is 32.2. The molecule has 0 radical (unpaired) electrons. The van der Waals surface area contributed by atoms with E-state index in [1.807, 2.05) is 13.8 Å². The molecule has 1 aliphatic rings. The molecule has 1 saturated heterocycles. The number of rotatable bonds is 3. The number of hydrogen-bond donors (Lipinski definition) is 1. The minimum absolute atomic E-state index is 0.167. The molecule has 0 unspecified atom stereocenters. The summed E-state index contributed by atoms with van der Waals surface area (Å²) in [5, 5.41) is 3.22. The molecule has 0 aromatic carbocycles. The zero-order valence-corrected chi connectivity index (χ0v) is 10.4. The molecule has 1 fully saturated rings. The monoisotopic (exact) mass is 236 g/mol. The molecule has 0 spiro atoms. The number of nitrogens with one attached hydrogen (secondary N) is 1. The number of methoxy groups -OCH3 is 1. The van der Waals surface area contributed by atoms with E-state index >= 15 is 0 Å². The van der Waals surface area contributed by atoms with E-state index in [1.54, 1.807) is 7.11 Å². The number of sulfonamides is 1. The van der Waals surface area contributed by atoms with Gasteiger partial charge in [0.2, 0.25) is 10.0 Å². The molecule has 0 bridgehead atoms. The van der Waals surface area contributed by atoms with E-state index in [9.17, 15) is 8.42 Å². The molecular weight excluding hydrogens is 216 g/mol. The quantitative estimate of drug-likeness (QED) is 0.727. The van der Waals surface area contributed by atoms with Crippen molar-refractivity contribution < 1.29 is 13.2 Å². The first kappa shape index (κ1) is 12.9. The van der Waals surface area contributed by atoms with Crippen LogP contribution in [0.1, 0.15) is 13.8 Å². The van der Waals surface area contributed by atoms with Gasteiger partial charge in [-0.2, -0.15) is 4.31 Å². The van der Waals surface area contributed by atoms with Gasteiger partial charge in [0.1, 0.15) is 0 Å². The topological polar surface area (TPSA) is 58.6 Å².